The molecule has 0 unspecified atom stereocenters. The summed E-state index contributed by atoms with van der Waals surface area (Å²) in [6, 6.07) is 14.2. The zero-order valence-electron chi connectivity index (χ0n) is 17.8. The second kappa shape index (κ2) is 11.3. The number of morpholine rings is 1. The molecule has 0 spiro atoms. The zero-order chi connectivity index (χ0) is 24.1. The van der Waals surface area contributed by atoms with Crippen molar-refractivity contribution < 1.29 is 13.9 Å². The van der Waals surface area contributed by atoms with Gasteiger partial charge < -0.3 is 19.4 Å². The molecule has 1 aliphatic heterocycles. The molecule has 2 N–H and O–H groups in total. The van der Waals surface area contributed by atoms with E-state index in [2.05, 4.69) is 15.5 Å². The Hall–Kier alpha value is -2.55. The number of hydrogen-bond donors (Lipinski definition) is 2. The number of thiocarbonyl (C=S) groups is 1. The van der Waals surface area contributed by atoms with Gasteiger partial charge in [0.1, 0.15) is 11.5 Å². The van der Waals surface area contributed by atoms with Crippen LogP contribution in [0.25, 0.3) is 17.4 Å². The molecular formula is C24H20Cl3N3O3S. The van der Waals surface area contributed by atoms with Gasteiger partial charge >= 0.3 is 0 Å². The molecule has 176 valence electrons. The Morgan fingerprint density at radius 3 is 2.50 bits per heavy atom. The van der Waals surface area contributed by atoms with Crippen molar-refractivity contribution in [3.63, 3.8) is 0 Å². The number of halogens is 3. The fraction of sp³-hybridized carbons (Fsp3) is 0.167. The number of benzene rings is 2. The van der Waals surface area contributed by atoms with Gasteiger partial charge in [0.15, 0.2) is 5.11 Å². The van der Waals surface area contributed by atoms with Gasteiger partial charge in [0.25, 0.3) is 0 Å². The molecule has 2 aromatic carbocycles. The molecular weight excluding hydrogens is 517 g/mol. The summed E-state index contributed by atoms with van der Waals surface area (Å²) < 4.78 is 11.2. The fourth-order valence-corrected chi connectivity index (χ4v) is 4.51. The smallest absolute Gasteiger partial charge is 0.250 e. The first kappa shape index (κ1) is 24.6. The molecule has 10 heteroatoms. The number of rotatable bonds is 5. The Morgan fingerprint density at radius 2 is 1.76 bits per heavy atom. The zero-order valence-corrected chi connectivity index (χ0v) is 20.9. The van der Waals surface area contributed by atoms with E-state index in [-0.39, 0.29) is 5.11 Å². The number of amides is 1. The van der Waals surface area contributed by atoms with Crippen LogP contribution in [0.1, 0.15) is 5.76 Å². The third-order valence-corrected chi connectivity index (χ3v) is 5.92. The number of hydrogen-bond acceptors (Lipinski definition) is 5. The molecule has 2 heterocycles. The summed E-state index contributed by atoms with van der Waals surface area (Å²) in [5.74, 6) is 0.666. The standard InChI is InChI=1S/C24H20Cl3N3O3S/c25-16-12-15(13-17(26)14-16)21-6-4-18(33-21)5-7-22(31)29-24(34)28-20-3-1-2-19(27)23(20)30-8-10-32-11-9-30/h1-7,12-14H,8-11H2,(H2,28,29,31,34)/b7-5+. The minimum absolute atomic E-state index is 0.153. The predicted molar refractivity (Wildman–Crippen MR) is 142 cm³/mol. The maximum atomic E-state index is 12.4. The number of anilines is 2. The van der Waals surface area contributed by atoms with Crippen LogP contribution in [-0.4, -0.2) is 37.3 Å². The lowest BCUT2D eigenvalue weighted by atomic mass is 10.2. The highest BCUT2D eigenvalue weighted by molar-refractivity contribution is 7.80. The highest BCUT2D eigenvalue weighted by atomic mass is 35.5. The lowest BCUT2D eigenvalue weighted by Crippen LogP contribution is -2.38. The highest BCUT2D eigenvalue weighted by Crippen LogP contribution is 2.34. The highest BCUT2D eigenvalue weighted by Gasteiger charge is 2.18. The molecule has 0 saturated carbocycles. The summed E-state index contributed by atoms with van der Waals surface area (Å²) in [6.07, 6.45) is 2.88. The Morgan fingerprint density at radius 1 is 1.03 bits per heavy atom. The van der Waals surface area contributed by atoms with Crippen LogP contribution >= 0.6 is 47.0 Å². The van der Waals surface area contributed by atoms with Crippen LogP contribution in [0.3, 0.4) is 0 Å². The van der Waals surface area contributed by atoms with Gasteiger partial charge in [-0.15, -0.1) is 0 Å². The van der Waals surface area contributed by atoms with Crippen LogP contribution in [-0.2, 0) is 9.53 Å². The van der Waals surface area contributed by atoms with Crippen molar-refractivity contribution in [3.8, 4) is 11.3 Å². The van der Waals surface area contributed by atoms with Crippen molar-refractivity contribution in [2.24, 2.45) is 0 Å². The van der Waals surface area contributed by atoms with E-state index in [4.69, 9.17) is 56.2 Å². The number of furan rings is 1. The summed E-state index contributed by atoms with van der Waals surface area (Å²) in [5, 5.41) is 7.46. The number of nitrogens with one attached hydrogen (secondary N) is 2. The number of nitrogens with zero attached hydrogens (tertiary/aromatic N) is 1. The largest absolute Gasteiger partial charge is 0.457 e. The molecule has 6 nitrogen and oxygen atoms in total. The molecule has 1 aromatic heterocycles. The monoisotopic (exact) mass is 535 g/mol. The van der Waals surface area contributed by atoms with E-state index in [9.17, 15) is 4.79 Å². The van der Waals surface area contributed by atoms with Crippen molar-refractivity contribution >= 4 is 75.5 Å². The van der Waals surface area contributed by atoms with Gasteiger partial charge in [-0.25, -0.2) is 0 Å². The quantitative estimate of drug-likeness (QED) is 0.296. The van der Waals surface area contributed by atoms with E-state index in [0.29, 0.717) is 58.6 Å². The van der Waals surface area contributed by atoms with Crippen LogP contribution < -0.4 is 15.5 Å². The SMILES string of the molecule is O=C(/C=C/c1ccc(-c2cc(Cl)cc(Cl)c2)o1)NC(=S)Nc1cccc(Cl)c1N1CCOCC1. The van der Waals surface area contributed by atoms with Gasteiger partial charge in [0.05, 0.1) is 29.6 Å². The van der Waals surface area contributed by atoms with E-state index < -0.39 is 5.91 Å². The molecule has 1 amide bonds. The maximum Gasteiger partial charge on any atom is 0.250 e. The molecule has 0 atom stereocenters. The van der Waals surface area contributed by atoms with E-state index >= 15 is 0 Å². The van der Waals surface area contributed by atoms with Crippen LogP contribution in [0, 0.1) is 0 Å². The van der Waals surface area contributed by atoms with Gasteiger partial charge in [-0.3, -0.25) is 10.1 Å². The van der Waals surface area contributed by atoms with E-state index in [0.717, 1.165) is 11.3 Å². The van der Waals surface area contributed by atoms with E-state index in [1.165, 1.54) is 6.08 Å². The predicted octanol–water partition coefficient (Wildman–Crippen LogP) is 6.27. The van der Waals surface area contributed by atoms with Crippen LogP contribution in [0.5, 0.6) is 0 Å². The lowest BCUT2D eigenvalue weighted by molar-refractivity contribution is -0.115. The van der Waals surface area contributed by atoms with Gasteiger partial charge in [-0.1, -0.05) is 40.9 Å². The second-order valence-corrected chi connectivity index (χ2v) is 9.06. The molecule has 1 fully saturated rings. The van der Waals surface area contributed by atoms with Crippen molar-refractivity contribution in [1.29, 1.82) is 0 Å². The Balaban J connectivity index is 1.38. The van der Waals surface area contributed by atoms with Crippen molar-refractivity contribution in [1.82, 2.24) is 5.32 Å². The summed E-state index contributed by atoms with van der Waals surface area (Å²) in [4.78, 5) is 14.5. The molecule has 3 aromatic rings. The topological polar surface area (TPSA) is 66.7 Å². The number of para-hydroxylation sites is 1. The van der Waals surface area contributed by atoms with E-state index in [1.54, 1.807) is 36.4 Å². The van der Waals surface area contributed by atoms with Gasteiger partial charge in [-0.2, -0.15) is 0 Å². The Bertz CT molecular complexity index is 1220. The molecule has 4 rings (SSSR count). The van der Waals surface area contributed by atoms with Crippen LogP contribution in [0.2, 0.25) is 15.1 Å². The summed E-state index contributed by atoms with van der Waals surface area (Å²) in [7, 11) is 0. The van der Waals surface area contributed by atoms with Gasteiger partial charge in [0, 0.05) is 34.8 Å². The molecule has 0 aliphatic carbocycles. The number of carbonyl (C=O) groups excluding carboxylic acids is 1. The van der Waals surface area contributed by atoms with Crippen molar-refractivity contribution in [2.75, 3.05) is 36.5 Å². The molecule has 0 bridgehead atoms. The van der Waals surface area contributed by atoms with Crippen LogP contribution in [0.4, 0.5) is 11.4 Å². The first-order valence-electron chi connectivity index (χ1n) is 10.4. The van der Waals surface area contributed by atoms with E-state index in [1.807, 2.05) is 18.2 Å². The van der Waals surface area contributed by atoms with Gasteiger partial charge in [-0.05, 0) is 60.8 Å². The number of carbonyl (C=O) groups is 1. The third kappa shape index (κ3) is 6.31. The average molecular weight is 537 g/mol. The van der Waals surface area contributed by atoms with Crippen LogP contribution in [0.15, 0.2) is 59.0 Å². The second-order valence-electron chi connectivity index (χ2n) is 7.37. The molecule has 34 heavy (non-hydrogen) atoms. The third-order valence-electron chi connectivity index (χ3n) is 4.97. The number of ether oxygens (including phenoxy) is 1. The summed E-state index contributed by atoms with van der Waals surface area (Å²) >= 11 is 23.9. The summed E-state index contributed by atoms with van der Waals surface area (Å²) in [6.45, 7) is 2.67. The molecule has 1 saturated heterocycles. The normalized spacial score (nSPS) is 13.8. The Kier molecular flexibility index (Phi) is 8.13. The molecule has 0 radical (unpaired) electrons. The fourth-order valence-electron chi connectivity index (χ4n) is 3.48. The first-order valence-corrected chi connectivity index (χ1v) is 11.9. The summed E-state index contributed by atoms with van der Waals surface area (Å²) in [5.41, 5.74) is 2.27. The minimum atomic E-state index is -0.406. The average Bonchev–Trinajstić information content (AvgIpc) is 3.27. The minimum Gasteiger partial charge on any atom is -0.457 e. The van der Waals surface area contributed by atoms with Gasteiger partial charge in [0.2, 0.25) is 5.91 Å². The Labute approximate surface area is 217 Å². The maximum absolute atomic E-state index is 12.4. The van der Waals surface area contributed by atoms with Crippen molar-refractivity contribution in [2.45, 2.75) is 0 Å². The van der Waals surface area contributed by atoms with Crippen molar-refractivity contribution in [3.05, 3.63) is 75.4 Å². The molecule has 1 aliphatic rings. The first-order chi connectivity index (χ1) is 16.4. The lowest BCUT2D eigenvalue weighted by Gasteiger charge is -2.31.